The molecule has 0 aromatic carbocycles. The van der Waals surface area contributed by atoms with Gasteiger partial charge in [-0.1, -0.05) is 0 Å². The van der Waals surface area contributed by atoms with Crippen molar-refractivity contribution in [2.75, 3.05) is 31.1 Å². The Balaban J connectivity index is 1.66. The first-order chi connectivity index (χ1) is 10.7. The Kier molecular flexibility index (Phi) is 6.12. The summed E-state index contributed by atoms with van der Waals surface area (Å²) in [4.78, 5) is 33.2. The van der Waals surface area contributed by atoms with E-state index in [0.29, 0.717) is 25.5 Å². The Morgan fingerprint density at radius 1 is 1.32 bits per heavy atom. The van der Waals surface area contributed by atoms with Crippen molar-refractivity contribution in [1.29, 1.82) is 0 Å². The molecule has 22 heavy (non-hydrogen) atoms. The number of anilines is 1. The zero-order valence-electron chi connectivity index (χ0n) is 12.8. The predicted molar refractivity (Wildman–Crippen MR) is 81.2 cm³/mol. The number of hydrogen-bond acceptors (Lipinski definition) is 6. The molecular weight excluding hydrogens is 284 g/mol. The number of aromatic nitrogens is 2. The lowest BCUT2D eigenvalue weighted by atomic mass is 9.97. The Labute approximate surface area is 130 Å². The Morgan fingerprint density at radius 3 is 2.64 bits per heavy atom. The number of nitrogens with one attached hydrogen (secondary N) is 1. The van der Waals surface area contributed by atoms with Gasteiger partial charge in [-0.05, 0) is 25.3 Å². The van der Waals surface area contributed by atoms with E-state index in [1.54, 1.807) is 18.5 Å². The average molecular weight is 306 g/mol. The molecule has 1 amide bonds. The summed E-state index contributed by atoms with van der Waals surface area (Å²) in [7, 11) is 0. The lowest BCUT2D eigenvalue weighted by Gasteiger charge is -2.30. The number of ether oxygens (including phenoxy) is 1. The molecule has 1 aliphatic heterocycles. The summed E-state index contributed by atoms with van der Waals surface area (Å²) in [6.07, 6.45) is 5.59. The van der Waals surface area contributed by atoms with Crippen molar-refractivity contribution < 1.29 is 14.3 Å². The molecule has 1 aromatic heterocycles. The smallest absolute Gasteiger partial charge is 0.309 e. The number of amides is 1. The number of rotatable bonds is 6. The lowest BCUT2D eigenvalue weighted by Crippen LogP contribution is -2.38. The van der Waals surface area contributed by atoms with Crippen LogP contribution in [0.1, 0.15) is 26.2 Å². The fourth-order valence-corrected chi connectivity index (χ4v) is 2.40. The molecule has 0 unspecified atom stereocenters. The number of nitrogens with zero attached hydrogens (tertiary/aromatic N) is 3. The van der Waals surface area contributed by atoms with Crippen LogP contribution in [0.3, 0.4) is 0 Å². The number of carbonyl (C=O) groups is 2. The van der Waals surface area contributed by atoms with Gasteiger partial charge in [-0.15, -0.1) is 0 Å². The summed E-state index contributed by atoms with van der Waals surface area (Å²) in [6.45, 7) is 3.87. The van der Waals surface area contributed by atoms with E-state index < -0.39 is 0 Å². The first-order valence-electron chi connectivity index (χ1n) is 7.60. The van der Waals surface area contributed by atoms with Gasteiger partial charge in [-0.25, -0.2) is 9.97 Å². The van der Waals surface area contributed by atoms with E-state index in [9.17, 15) is 9.59 Å². The van der Waals surface area contributed by atoms with Crippen LogP contribution in [0.15, 0.2) is 18.5 Å². The molecule has 1 aromatic rings. The van der Waals surface area contributed by atoms with Crippen LogP contribution in [0.2, 0.25) is 0 Å². The highest BCUT2D eigenvalue weighted by Crippen LogP contribution is 2.21. The Morgan fingerprint density at radius 2 is 2.00 bits per heavy atom. The molecule has 1 saturated heterocycles. The molecule has 1 aliphatic rings. The van der Waals surface area contributed by atoms with Crippen molar-refractivity contribution in [2.24, 2.45) is 5.92 Å². The van der Waals surface area contributed by atoms with E-state index in [-0.39, 0.29) is 17.8 Å². The van der Waals surface area contributed by atoms with Gasteiger partial charge >= 0.3 is 5.97 Å². The SMILES string of the molecule is CC(=O)NCCCOC(=O)C1CCN(c2ncccn2)CC1. The van der Waals surface area contributed by atoms with Crippen LogP contribution in [0.4, 0.5) is 5.95 Å². The van der Waals surface area contributed by atoms with E-state index in [1.165, 1.54) is 6.92 Å². The molecular formula is C15H22N4O3. The minimum Gasteiger partial charge on any atom is -0.465 e. The summed E-state index contributed by atoms with van der Waals surface area (Å²) in [5.74, 6) is 0.448. The number of esters is 1. The monoisotopic (exact) mass is 306 g/mol. The van der Waals surface area contributed by atoms with Crippen LogP contribution in [0.25, 0.3) is 0 Å². The molecule has 0 aliphatic carbocycles. The summed E-state index contributed by atoms with van der Waals surface area (Å²) < 4.78 is 5.26. The quantitative estimate of drug-likeness (QED) is 0.617. The highest BCUT2D eigenvalue weighted by atomic mass is 16.5. The maximum atomic E-state index is 12.0. The van der Waals surface area contributed by atoms with Crippen molar-refractivity contribution >= 4 is 17.8 Å². The molecule has 120 valence electrons. The second kappa shape index (κ2) is 8.31. The highest BCUT2D eigenvalue weighted by Gasteiger charge is 2.27. The maximum absolute atomic E-state index is 12.0. The number of hydrogen-bond donors (Lipinski definition) is 1. The largest absolute Gasteiger partial charge is 0.465 e. The van der Waals surface area contributed by atoms with Crippen LogP contribution in [0, 0.1) is 5.92 Å². The summed E-state index contributed by atoms with van der Waals surface area (Å²) in [6, 6.07) is 1.79. The van der Waals surface area contributed by atoms with Crippen LogP contribution in [0.5, 0.6) is 0 Å². The molecule has 0 saturated carbocycles. The van der Waals surface area contributed by atoms with Gasteiger partial charge in [0.25, 0.3) is 0 Å². The van der Waals surface area contributed by atoms with E-state index in [0.717, 1.165) is 25.9 Å². The van der Waals surface area contributed by atoms with Crippen LogP contribution in [-0.4, -0.2) is 48.1 Å². The normalized spacial score (nSPS) is 15.4. The Bertz CT molecular complexity index is 487. The minimum absolute atomic E-state index is 0.0549. The lowest BCUT2D eigenvalue weighted by molar-refractivity contribution is -0.149. The standard InChI is InChI=1S/C15H22N4O3/c1-12(20)16-8-3-11-22-14(21)13-4-9-19(10-5-13)15-17-6-2-7-18-15/h2,6-7,13H,3-5,8-11H2,1H3,(H,16,20). The van der Waals surface area contributed by atoms with Gasteiger partial charge in [0.1, 0.15) is 0 Å². The fourth-order valence-electron chi connectivity index (χ4n) is 2.40. The van der Waals surface area contributed by atoms with Crippen molar-refractivity contribution in [3.8, 4) is 0 Å². The second-order valence-electron chi connectivity index (χ2n) is 5.31. The zero-order valence-corrected chi connectivity index (χ0v) is 12.8. The molecule has 2 rings (SSSR count). The van der Waals surface area contributed by atoms with E-state index in [1.807, 2.05) is 0 Å². The molecule has 7 nitrogen and oxygen atoms in total. The third kappa shape index (κ3) is 4.98. The van der Waals surface area contributed by atoms with E-state index in [4.69, 9.17) is 4.74 Å². The van der Waals surface area contributed by atoms with Gasteiger partial charge in [0.15, 0.2) is 0 Å². The molecule has 1 N–H and O–H groups in total. The second-order valence-corrected chi connectivity index (χ2v) is 5.31. The van der Waals surface area contributed by atoms with Crippen LogP contribution < -0.4 is 10.2 Å². The first-order valence-corrected chi connectivity index (χ1v) is 7.60. The molecule has 1 fully saturated rings. The summed E-state index contributed by atoms with van der Waals surface area (Å²) in [5.41, 5.74) is 0. The predicted octanol–water partition coefficient (Wildman–Crippen LogP) is 0.762. The van der Waals surface area contributed by atoms with Gasteiger partial charge in [0, 0.05) is 39.0 Å². The minimum atomic E-state index is -0.142. The molecule has 0 atom stereocenters. The Hall–Kier alpha value is -2.18. The molecule has 0 radical (unpaired) electrons. The zero-order chi connectivity index (χ0) is 15.8. The topological polar surface area (TPSA) is 84.4 Å². The average Bonchev–Trinajstić information content (AvgIpc) is 2.55. The molecule has 7 heteroatoms. The third-order valence-electron chi connectivity index (χ3n) is 3.60. The van der Waals surface area contributed by atoms with Gasteiger partial charge in [-0.2, -0.15) is 0 Å². The van der Waals surface area contributed by atoms with Gasteiger partial charge in [-0.3, -0.25) is 9.59 Å². The fraction of sp³-hybridized carbons (Fsp3) is 0.600. The van der Waals surface area contributed by atoms with Crippen LogP contribution in [-0.2, 0) is 14.3 Å². The molecule has 0 spiro atoms. The highest BCUT2D eigenvalue weighted by molar-refractivity contribution is 5.73. The maximum Gasteiger partial charge on any atom is 0.309 e. The van der Waals surface area contributed by atoms with E-state index in [2.05, 4.69) is 20.2 Å². The summed E-state index contributed by atoms with van der Waals surface area (Å²) in [5, 5.41) is 2.67. The third-order valence-corrected chi connectivity index (χ3v) is 3.60. The van der Waals surface area contributed by atoms with Crippen molar-refractivity contribution in [2.45, 2.75) is 26.2 Å². The first kappa shape index (κ1) is 16.2. The number of piperidine rings is 1. The van der Waals surface area contributed by atoms with Gasteiger partial charge < -0.3 is 15.0 Å². The summed E-state index contributed by atoms with van der Waals surface area (Å²) >= 11 is 0. The van der Waals surface area contributed by atoms with Crippen molar-refractivity contribution in [3.05, 3.63) is 18.5 Å². The van der Waals surface area contributed by atoms with Crippen molar-refractivity contribution in [3.63, 3.8) is 0 Å². The van der Waals surface area contributed by atoms with Crippen molar-refractivity contribution in [1.82, 2.24) is 15.3 Å². The van der Waals surface area contributed by atoms with Gasteiger partial charge in [0.2, 0.25) is 11.9 Å². The van der Waals surface area contributed by atoms with Gasteiger partial charge in [0.05, 0.1) is 12.5 Å². The molecule has 0 bridgehead atoms. The number of carbonyl (C=O) groups excluding carboxylic acids is 2. The van der Waals surface area contributed by atoms with Crippen LogP contribution >= 0.6 is 0 Å². The van der Waals surface area contributed by atoms with E-state index >= 15 is 0 Å². The molecule has 2 heterocycles.